The smallest absolute Gasteiger partial charge is 0.360 e. The van der Waals surface area contributed by atoms with E-state index in [2.05, 4.69) is 101 Å². The number of aromatic nitrogens is 2. The number of ether oxygens (including phenoxy) is 4. The van der Waals surface area contributed by atoms with Crippen LogP contribution in [0, 0.1) is 34.5 Å². The molecular weight excluding hydrogens is 917 g/mol. The molecule has 1 aliphatic heterocycles. The van der Waals surface area contributed by atoms with Crippen LogP contribution >= 0.6 is 0 Å². The molecule has 2 aromatic heterocycles. The highest BCUT2D eigenvalue weighted by Crippen LogP contribution is 2.44. The minimum Gasteiger partial charge on any atom is -0.456 e. The van der Waals surface area contributed by atoms with E-state index in [1.54, 1.807) is 38.5 Å². The van der Waals surface area contributed by atoms with E-state index in [-0.39, 0.29) is 59.4 Å². The topological polar surface area (TPSA) is 142 Å². The van der Waals surface area contributed by atoms with Crippen LogP contribution < -0.4 is 0 Å². The van der Waals surface area contributed by atoms with E-state index < -0.39 is 63.8 Å². The molecule has 384 valence electrons. The van der Waals surface area contributed by atoms with Crippen LogP contribution in [-0.4, -0.2) is 89.4 Å². The molecule has 0 amide bonds. The predicted octanol–water partition coefficient (Wildman–Crippen LogP) is 12.5. The third-order valence-electron chi connectivity index (χ3n) is 13.7. The Labute approximate surface area is 422 Å². The fourth-order valence-corrected chi connectivity index (χ4v) is 9.42. The van der Waals surface area contributed by atoms with Crippen LogP contribution in [0.1, 0.15) is 129 Å². The number of nitrogens with zero attached hydrogens (tertiary/aromatic N) is 2. The molecule has 0 aliphatic carbocycles. The van der Waals surface area contributed by atoms with Gasteiger partial charge in [-0.3, -0.25) is 0 Å². The molecule has 2 aromatic rings. The molecule has 0 saturated carbocycles. The van der Waals surface area contributed by atoms with Crippen molar-refractivity contribution in [3.63, 3.8) is 0 Å². The summed E-state index contributed by atoms with van der Waals surface area (Å²) >= 11 is 0. The van der Waals surface area contributed by atoms with E-state index in [4.69, 9.17) is 36.6 Å². The van der Waals surface area contributed by atoms with Crippen LogP contribution in [0.4, 0.5) is 0 Å². The van der Waals surface area contributed by atoms with Crippen molar-refractivity contribution in [3.05, 3.63) is 109 Å². The first-order valence-electron chi connectivity index (χ1n) is 24.2. The second-order valence-electron chi connectivity index (χ2n) is 21.8. The van der Waals surface area contributed by atoms with Crippen molar-refractivity contribution in [2.45, 2.75) is 182 Å². The summed E-state index contributed by atoms with van der Waals surface area (Å²) in [4.78, 5) is 36.8. The summed E-state index contributed by atoms with van der Waals surface area (Å²) in [7, 11) is -1.35. The Balaban J connectivity index is 2.05. The van der Waals surface area contributed by atoms with Crippen LogP contribution in [0.25, 0.3) is 0 Å². The van der Waals surface area contributed by atoms with Crippen LogP contribution in [0.5, 0.6) is 0 Å². The highest BCUT2D eigenvalue weighted by Gasteiger charge is 2.47. The van der Waals surface area contributed by atoms with Crippen LogP contribution in [-0.2, 0) is 40.6 Å². The number of carbonyl (C=O) groups excluding carboxylic acids is 2. The first-order chi connectivity index (χ1) is 32.6. The third kappa shape index (κ3) is 17.2. The number of allylic oxidation sites excluding steroid dienone is 8. The van der Waals surface area contributed by atoms with Crippen LogP contribution in [0.15, 0.2) is 94.3 Å². The van der Waals surface area contributed by atoms with E-state index in [9.17, 15) is 9.59 Å². The summed E-state index contributed by atoms with van der Waals surface area (Å²) in [6, 6.07) is 0. The Bertz CT molecular complexity index is 2160. The average molecular weight is 999 g/mol. The second-order valence-corrected chi connectivity index (χ2v) is 31.3. The van der Waals surface area contributed by atoms with E-state index in [1.807, 2.05) is 90.2 Å². The molecule has 1 aliphatic rings. The SMILES string of the molecule is C/C=C/[C@@H](O[Si](C)(C)C(C)(C)C)C(C)(C)[C@H]1CC#C/C=C\C=C\[C@@H](OC)Cc2nc(co2)C(=O)O[C@@H](C(C)(C)[C@@H](/C=C/C)O[Si](C)(C)C(C)(C)C)CC#C/C=C\C=C\[C@@H](OC)Cc2nc(co2)C(=O)O1. The number of hydrogen-bond donors (Lipinski definition) is 0. The molecule has 0 radical (unpaired) electrons. The molecule has 0 saturated heterocycles. The van der Waals surface area contributed by atoms with Gasteiger partial charge in [0.1, 0.15) is 24.7 Å². The average Bonchev–Trinajstić information content (AvgIpc) is 3.95. The van der Waals surface area contributed by atoms with Crippen molar-refractivity contribution in [3.8, 4) is 23.7 Å². The Morgan fingerprint density at radius 2 is 0.971 bits per heavy atom. The Kier molecular flexibility index (Phi) is 22.1. The normalized spacial score (nSPS) is 22.9. The fourth-order valence-electron chi connectivity index (χ4n) is 6.68. The summed E-state index contributed by atoms with van der Waals surface area (Å²) < 4.78 is 49.5. The van der Waals surface area contributed by atoms with Crippen molar-refractivity contribution >= 4 is 28.6 Å². The third-order valence-corrected chi connectivity index (χ3v) is 22.6. The quantitative estimate of drug-likeness (QED) is 0.0864. The lowest BCUT2D eigenvalue weighted by Crippen LogP contribution is -2.51. The molecule has 3 heterocycles. The molecule has 0 spiro atoms. The highest BCUT2D eigenvalue weighted by atomic mass is 28.4. The number of fused-ring (bicyclic) bond motifs is 4. The number of oxazole rings is 2. The Morgan fingerprint density at radius 1 is 0.614 bits per heavy atom. The van der Waals surface area contributed by atoms with Crippen molar-refractivity contribution in [2.24, 2.45) is 10.8 Å². The van der Waals surface area contributed by atoms with E-state index >= 15 is 0 Å². The van der Waals surface area contributed by atoms with Crippen molar-refractivity contribution in [2.75, 3.05) is 14.2 Å². The molecule has 14 heteroatoms. The summed E-state index contributed by atoms with van der Waals surface area (Å²) in [6.07, 6.45) is 22.9. The Morgan fingerprint density at radius 3 is 1.29 bits per heavy atom. The van der Waals surface area contributed by atoms with Crippen LogP contribution in [0.2, 0.25) is 36.3 Å². The van der Waals surface area contributed by atoms with E-state index in [1.165, 1.54) is 12.5 Å². The number of methoxy groups -OCH3 is 2. The molecule has 0 aromatic carbocycles. The number of rotatable bonds is 12. The van der Waals surface area contributed by atoms with Gasteiger partial charge in [0.25, 0.3) is 0 Å². The summed E-state index contributed by atoms with van der Waals surface area (Å²) in [5.41, 5.74) is -1.33. The molecule has 70 heavy (non-hydrogen) atoms. The van der Waals surface area contributed by atoms with Gasteiger partial charge in [-0.2, -0.15) is 0 Å². The standard InChI is InChI=1S/C56H82N2O10Si2/c1-19-31-47(67-69(15,16)53(3,4)5)55(9,10)45-35-29-25-21-23-27-33-42(62-14)38-50-58-44(40-64-50)52(60)66-46(56(11,12)48(32-20-2)68-70(17,18)54(6,7)8)36-30-26-22-24-28-34-41(61-13)37-49-57-43(39-63-49)51(59)65-45/h19-24,27-28,31-34,39-42,45-48H,35-38H2,1-18H3/b23-21-,24-22-,31-19+,32-20+,33-27+,34-28+/t41-,42-,45-,46-,47-,48-/m1/s1. The maximum Gasteiger partial charge on any atom is 0.360 e. The molecule has 6 atom stereocenters. The minimum absolute atomic E-state index is 0.0415. The van der Waals surface area contributed by atoms with Gasteiger partial charge in [-0.15, -0.1) is 0 Å². The second kappa shape index (κ2) is 26.1. The Hall–Kier alpha value is -4.81. The predicted molar refractivity (Wildman–Crippen MR) is 283 cm³/mol. The molecule has 0 N–H and O–H groups in total. The van der Waals surface area contributed by atoms with Gasteiger partial charge >= 0.3 is 11.9 Å². The maximum atomic E-state index is 13.9. The first-order valence-corrected chi connectivity index (χ1v) is 30.1. The van der Waals surface area contributed by atoms with Crippen molar-refractivity contribution in [1.82, 2.24) is 9.97 Å². The number of cyclic esters (lactones) is 2. The maximum absolute atomic E-state index is 13.9. The molecule has 4 bridgehead atoms. The summed E-state index contributed by atoms with van der Waals surface area (Å²) in [6.45, 7) is 34.1. The van der Waals surface area contributed by atoms with Crippen molar-refractivity contribution in [1.29, 1.82) is 0 Å². The monoisotopic (exact) mass is 999 g/mol. The van der Waals surface area contributed by atoms with Gasteiger partial charge in [0, 0.05) is 37.9 Å². The van der Waals surface area contributed by atoms with Crippen molar-refractivity contribution < 1.29 is 46.2 Å². The van der Waals surface area contributed by atoms with Gasteiger partial charge in [-0.05, 0) is 62.3 Å². The molecular formula is C56H82N2O10Si2. The van der Waals surface area contributed by atoms with E-state index in [0.717, 1.165) is 0 Å². The van der Waals surface area contributed by atoms with Gasteiger partial charge in [-0.1, -0.05) is 154 Å². The number of hydrogen-bond acceptors (Lipinski definition) is 12. The zero-order valence-electron chi connectivity index (χ0n) is 45.4. The molecule has 0 unspecified atom stereocenters. The first kappa shape index (κ1) is 59.5. The zero-order chi connectivity index (χ0) is 52.6. The molecule has 3 rings (SSSR count). The lowest BCUT2D eigenvalue weighted by Gasteiger charge is -2.45. The minimum atomic E-state index is -2.26. The lowest BCUT2D eigenvalue weighted by atomic mass is 9.79. The van der Waals surface area contributed by atoms with Gasteiger partial charge in [-0.25, -0.2) is 19.6 Å². The van der Waals surface area contributed by atoms with Gasteiger partial charge in [0.05, 0.1) is 37.3 Å². The van der Waals surface area contributed by atoms with Gasteiger partial charge < -0.3 is 36.6 Å². The van der Waals surface area contributed by atoms with Gasteiger partial charge in [0.2, 0.25) is 0 Å². The highest BCUT2D eigenvalue weighted by molar-refractivity contribution is 6.74. The molecule has 0 fully saturated rings. The largest absolute Gasteiger partial charge is 0.456 e. The lowest BCUT2D eigenvalue weighted by molar-refractivity contribution is -0.0416. The fraction of sp³-hybridized carbons (Fsp3) is 0.571. The summed E-state index contributed by atoms with van der Waals surface area (Å²) in [5.74, 6) is 12.0. The van der Waals surface area contributed by atoms with Gasteiger partial charge in [0.15, 0.2) is 39.8 Å². The summed E-state index contributed by atoms with van der Waals surface area (Å²) in [5, 5.41) is -0.104. The molecule has 12 nitrogen and oxygen atoms in total. The number of carbonyl (C=O) groups is 2. The number of esters is 2. The van der Waals surface area contributed by atoms with E-state index in [0.29, 0.717) is 11.8 Å². The van der Waals surface area contributed by atoms with Crippen LogP contribution in [0.3, 0.4) is 0 Å². The zero-order valence-corrected chi connectivity index (χ0v) is 47.4.